The number of ether oxygens (including phenoxy) is 1. The second-order valence-electron chi connectivity index (χ2n) is 8.92. The van der Waals surface area contributed by atoms with Gasteiger partial charge in [0.2, 0.25) is 0 Å². The van der Waals surface area contributed by atoms with Gasteiger partial charge in [-0.3, -0.25) is 0 Å². The SMILES string of the molecule is CCOc1ccc(N2CC3CN(C(=O)NCCS(C)(=O)=O)CC2C(C)(C)C3)cc1. The average Bonchev–Trinajstić information content (AvgIpc) is 2.88. The largest absolute Gasteiger partial charge is 0.494 e. The highest BCUT2D eigenvalue weighted by atomic mass is 32.2. The van der Waals surface area contributed by atoms with Crippen molar-refractivity contribution in [3.8, 4) is 5.75 Å². The molecule has 0 saturated carbocycles. The molecule has 29 heavy (non-hydrogen) atoms. The van der Waals surface area contributed by atoms with Crippen LogP contribution in [0.1, 0.15) is 27.2 Å². The molecule has 1 aromatic rings. The fourth-order valence-corrected chi connectivity index (χ4v) is 5.11. The van der Waals surface area contributed by atoms with Gasteiger partial charge in [-0.15, -0.1) is 0 Å². The predicted molar refractivity (Wildman–Crippen MR) is 115 cm³/mol. The van der Waals surface area contributed by atoms with E-state index in [9.17, 15) is 13.2 Å². The zero-order chi connectivity index (χ0) is 21.2. The van der Waals surface area contributed by atoms with Gasteiger partial charge in [0.1, 0.15) is 15.6 Å². The van der Waals surface area contributed by atoms with Gasteiger partial charge in [-0.1, -0.05) is 13.8 Å². The number of hydrogen-bond acceptors (Lipinski definition) is 5. The Kier molecular flexibility index (Phi) is 6.31. The van der Waals surface area contributed by atoms with Crippen LogP contribution in [-0.4, -0.2) is 70.2 Å². The zero-order valence-electron chi connectivity index (χ0n) is 17.8. The number of fused-ring (bicyclic) bond motifs is 4. The van der Waals surface area contributed by atoms with Crippen LogP contribution in [-0.2, 0) is 9.84 Å². The number of nitrogens with zero attached hydrogens (tertiary/aromatic N) is 2. The van der Waals surface area contributed by atoms with E-state index in [4.69, 9.17) is 4.74 Å². The number of anilines is 1. The first-order valence-corrected chi connectivity index (χ1v) is 12.3. The number of carbonyl (C=O) groups excluding carboxylic acids is 1. The number of urea groups is 1. The van der Waals surface area contributed by atoms with Crippen molar-refractivity contribution in [3.63, 3.8) is 0 Å². The van der Waals surface area contributed by atoms with E-state index in [1.54, 1.807) is 0 Å². The van der Waals surface area contributed by atoms with E-state index in [0.29, 0.717) is 25.6 Å². The lowest BCUT2D eigenvalue weighted by Gasteiger charge is -2.48. The first-order chi connectivity index (χ1) is 13.6. The van der Waals surface area contributed by atoms with Crippen LogP contribution < -0.4 is 15.0 Å². The number of carbonyl (C=O) groups is 1. The Morgan fingerprint density at radius 1 is 1.21 bits per heavy atom. The zero-order valence-corrected chi connectivity index (χ0v) is 18.7. The minimum atomic E-state index is -3.09. The summed E-state index contributed by atoms with van der Waals surface area (Å²) in [5.41, 5.74) is 1.22. The van der Waals surface area contributed by atoms with Gasteiger partial charge >= 0.3 is 6.03 Å². The molecule has 0 aromatic heterocycles. The summed E-state index contributed by atoms with van der Waals surface area (Å²) in [6, 6.07) is 8.21. The van der Waals surface area contributed by atoms with Crippen molar-refractivity contribution in [1.82, 2.24) is 10.2 Å². The van der Waals surface area contributed by atoms with Crippen LogP contribution in [0, 0.1) is 11.3 Å². The van der Waals surface area contributed by atoms with Crippen molar-refractivity contribution in [3.05, 3.63) is 24.3 Å². The predicted octanol–water partition coefficient (Wildman–Crippen LogP) is 2.38. The molecule has 1 aromatic carbocycles. The second kappa shape index (κ2) is 8.42. The Hall–Kier alpha value is -1.96. The minimum absolute atomic E-state index is 0.0385. The molecule has 0 radical (unpaired) electrons. The summed E-state index contributed by atoms with van der Waals surface area (Å²) in [5, 5.41) is 2.78. The first-order valence-electron chi connectivity index (χ1n) is 10.3. The number of nitrogens with one attached hydrogen (secondary N) is 1. The van der Waals surface area contributed by atoms with Gasteiger partial charge in [0, 0.05) is 38.1 Å². The molecular formula is C21H33N3O4S. The molecule has 2 unspecified atom stereocenters. The average molecular weight is 424 g/mol. The number of hydrogen-bond donors (Lipinski definition) is 1. The van der Waals surface area contributed by atoms with E-state index >= 15 is 0 Å². The smallest absolute Gasteiger partial charge is 0.317 e. The van der Waals surface area contributed by atoms with Gasteiger partial charge in [0.05, 0.1) is 18.4 Å². The molecule has 2 bridgehead atoms. The maximum Gasteiger partial charge on any atom is 0.317 e. The summed E-state index contributed by atoms with van der Waals surface area (Å²) >= 11 is 0. The molecule has 4 rings (SSSR count). The molecular weight excluding hydrogens is 390 g/mol. The summed E-state index contributed by atoms with van der Waals surface area (Å²) in [6.45, 7) is 9.54. The Balaban J connectivity index is 1.74. The summed E-state index contributed by atoms with van der Waals surface area (Å²) < 4.78 is 28.2. The van der Waals surface area contributed by atoms with Crippen LogP contribution in [0.5, 0.6) is 5.75 Å². The lowest BCUT2D eigenvalue weighted by atomic mass is 9.73. The van der Waals surface area contributed by atoms with E-state index in [1.165, 1.54) is 6.26 Å². The highest BCUT2D eigenvalue weighted by Gasteiger charge is 2.46. The van der Waals surface area contributed by atoms with Crippen molar-refractivity contribution in [2.75, 3.05) is 49.7 Å². The second-order valence-corrected chi connectivity index (χ2v) is 11.2. The lowest BCUT2D eigenvalue weighted by Crippen LogP contribution is -2.54. The molecule has 3 fully saturated rings. The van der Waals surface area contributed by atoms with Gasteiger partial charge in [0.15, 0.2) is 0 Å². The summed E-state index contributed by atoms with van der Waals surface area (Å²) in [5.74, 6) is 1.20. The van der Waals surface area contributed by atoms with Crippen LogP contribution in [0.25, 0.3) is 0 Å². The summed E-state index contributed by atoms with van der Waals surface area (Å²) in [7, 11) is -3.09. The van der Waals surface area contributed by atoms with E-state index in [1.807, 2.05) is 24.0 Å². The van der Waals surface area contributed by atoms with Crippen LogP contribution in [0.4, 0.5) is 10.5 Å². The Bertz CT molecular complexity index is 823. The van der Waals surface area contributed by atoms with E-state index < -0.39 is 9.84 Å². The topological polar surface area (TPSA) is 79.0 Å². The lowest BCUT2D eigenvalue weighted by molar-refractivity contribution is 0.187. The molecule has 2 amide bonds. The van der Waals surface area contributed by atoms with E-state index in [-0.39, 0.29) is 29.8 Å². The molecule has 3 aliphatic rings. The molecule has 2 atom stereocenters. The van der Waals surface area contributed by atoms with Crippen LogP contribution in [0.2, 0.25) is 0 Å². The molecule has 3 aliphatic heterocycles. The van der Waals surface area contributed by atoms with Crippen LogP contribution in [0.3, 0.4) is 0 Å². The Morgan fingerprint density at radius 2 is 1.90 bits per heavy atom. The van der Waals surface area contributed by atoms with Gasteiger partial charge in [0.25, 0.3) is 0 Å². The van der Waals surface area contributed by atoms with Crippen molar-refractivity contribution < 1.29 is 17.9 Å². The van der Waals surface area contributed by atoms with Gasteiger partial charge in [-0.05, 0) is 48.9 Å². The molecule has 0 aliphatic carbocycles. The monoisotopic (exact) mass is 423 g/mol. The standard InChI is InChI=1S/C21H33N3O4S/c1-5-28-18-8-6-17(7-9-18)24-14-16-12-21(2,3)19(24)15-23(13-16)20(25)22-10-11-29(4,26)27/h6-9,16,19H,5,10-15H2,1-4H3,(H,22,25). The van der Waals surface area contributed by atoms with Crippen molar-refractivity contribution in [2.45, 2.75) is 33.2 Å². The van der Waals surface area contributed by atoms with Crippen molar-refractivity contribution in [2.24, 2.45) is 11.3 Å². The fourth-order valence-electron chi connectivity index (χ4n) is 4.64. The van der Waals surface area contributed by atoms with E-state index in [0.717, 1.165) is 24.4 Å². The van der Waals surface area contributed by atoms with Gasteiger partial charge in [-0.2, -0.15) is 0 Å². The number of piperidine rings is 1. The number of rotatable bonds is 6. The minimum Gasteiger partial charge on any atom is -0.494 e. The Morgan fingerprint density at radius 3 is 2.52 bits per heavy atom. The van der Waals surface area contributed by atoms with Crippen LogP contribution in [0.15, 0.2) is 24.3 Å². The third-order valence-electron chi connectivity index (χ3n) is 5.94. The molecule has 7 nitrogen and oxygen atoms in total. The molecule has 0 spiro atoms. The highest BCUT2D eigenvalue weighted by molar-refractivity contribution is 7.90. The van der Waals surface area contributed by atoms with E-state index in [2.05, 4.69) is 36.2 Å². The molecule has 1 N–H and O–H groups in total. The van der Waals surface area contributed by atoms with Crippen LogP contribution >= 0.6 is 0 Å². The van der Waals surface area contributed by atoms with Crippen molar-refractivity contribution >= 4 is 21.6 Å². The molecule has 3 heterocycles. The first kappa shape index (κ1) is 21.7. The maximum atomic E-state index is 12.7. The quantitative estimate of drug-likeness (QED) is 0.760. The fraction of sp³-hybridized carbons (Fsp3) is 0.667. The summed E-state index contributed by atoms with van der Waals surface area (Å²) in [6.07, 6.45) is 2.25. The number of benzene rings is 1. The van der Waals surface area contributed by atoms with Gasteiger partial charge < -0.3 is 19.9 Å². The molecule has 3 saturated heterocycles. The Labute approximate surface area is 174 Å². The normalized spacial score (nSPS) is 23.6. The summed E-state index contributed by atoms with van der Waals surface area (Å²) in [4.78, 5) is 17.0. The molecule has 162 valence electrons. The van der Waals surface area contributed by atoms with Gasteiger partial charge in [-0.25, -0.2) is 13.2 Å². The van der Waals surface area contributed by atoms with Crippen molar-refractivity contribution in [1.29, 1.82) is 0 Å². The third kappa shape index (κ3) is 5.35. The number of amides is 2. The molecule has 8 heteroatoms. The highest BCUT2D eigenvalue weighted by Crippen LogP contribution is 2.43. The number of sulfone groups is 1. The third-order valence-corrected chi connectivity index (χ3v) is 6.88. The maximum absolute atomic E-state index is 12.7.